The summed E-state index contributed by atoms with van der Waals surface area (Å²) in [6.07, 6.45) is 5.08. The molecule has 148 valence electrons. The topological polar surface area (TPSA) is 54.9 Å². The number of nitrogens with one attached hydrogen (secondary N) is 1. The Kier molecular flexibility index (Phi) is 6.12. The number of aromatic nitrogens is 2. The van der Waals surface area contributed by atoms with E-state index in [1.54, 1.807) is 30.6 Å². The van der Waals surface area contributed by atoms with Crippen LogP contribution in [-0.4, -0.2) is 22.1 Å². The maximum absolute atomic E-state index is 12.7. The second-order valence-electron chi connectivity index (χ2n) is 6.55. The molecule has 3 aromatic carbocycles. The molecule has 4 nitrogen and oxygen atoms in total. The first-order chi connectivity index (χ1) is 14.6. The number of nitrogens with zero attached hydrogens (tertiary/aromatic N) is 2. The summed E-state index contributed by atoms with van der Waals surface area (Å²) in [4.78, 5) is 21.0. The number of anilines is 1. The van der Waals surface area contributed by atoms with E-state index in [4.69, 9.17) is 11.6 Å². The van der Waals surface area contributed by atoms with Crippen molar-refractivity contribution in [1.29, 1.82) is 0 Å². The van der Waals surface area contributed by atoms with Crippen molar-refractivity contribution in [2.75, 3.05) is 11.6 Å². The maximum atomic E-state index is 12.7. The molecule has 0 fully saturated rings. The van der Waals surface area contributed by atoms with Crippen LogP contribution in [-0.2, 0) is 0 Å². The van der Waals surface area contributed by atoms with Crippen molar-refractivity contribution in [2.24, 2.45) is 0 Å². The normalized spacial score (nSPS) is 10.6. The lowest BCUT2D eigenvalue weighted by Gasteiger charge is -2.10. The summed E-state index contributed by atoms with van der Waals surface area (Å²) in [5.74, 6) is -0.241. The van der Waals surface area contributed by atoms with Gasteiger partial charge in [0.1, 0.15) is 0 Å². The maximum Gasteiger partial charge on any atom is 0.255 e. The average Bonchev–Trinajstić information content (AvgIpc) is 2.80. The number of carbonyl (C=O) groups is 1. The van der Waals surface area contributed by atoms with E-state index in [9.17, 15) is 4.79 Å². The number of rotatable bonds is 5. The van der Waals surface area contributed by atoms with Gasteiger partial charge in [-0.2, -0.15) is 0 Å². The highest BCUT2D eigenvalue weighted by molar-refractivity contribution is 7.98. The van der Waals surface area contributed by atoms with Crippen molar-refractivity contribution in [1.82, 2.24) is 9.97 Å². The summed E-state index contributed by atoms with van der Waals surface area (Å²) in [5, 5.41) is 4.06. The zero-order chi connectivity index (χ0) is 20.9. The lowest BCUT2D eigenvalue weighted by atomic mass is 9.99. The lowest BCUT2D eigenvalue weighted by molar-refractivity contribution is 0.102. The van der Waals surface area contributed by atoms with Crippen LogP contribution >= 0.6 is 23.4 Å². The highest BCUT2D eigenvalue weighted by Crippen LogP contribution is 2.31. The van der Waals surface area contributed by atoms with Crippen LogP contribution in [0.1, 0.15) is 10.4 Å². The van der Waals surface area contributed by atoms with Crippen LogP contribution in [0.15, 0.2) is 90.3 Å². The van der Waals surface area contributed by atoms with E-state index >= 15 is 0 Å². The first-order valence-corrected chi connectivity index (χ1v) is 10.9. The first kappa shape index (κ1) is 20.1. The van der Waals surface area contributed by atoms with Crippen LogP contribution in [0.5, 0.6) is 0 Å². The molecule has 1 N–H and O–H groups in total. The molecule has 30 heavy (non-hydrogen) atoms. The Bertz CT molecular complexity index is 1160. The monoisotopic (exact) mass is 431 g/mol. The molecule has 1 aromatic heterocycles. The Morgan fingerprint density at radius 3 is 2.17 bits per heavy atom. The Morgan fingerprint density at radius 2 is 1.50 bits per heavy atom. The van der Waals surface area contributed by atoms with Gasteiger partial charge < -0.3 is 5.32 Å². The molecule has 0 radical (unpaired) electrons. The van der Waals surface area contributed by atoms with Gasteiger partial charge in [-0.15, -0.1) is 0 Å². The fourth-order valence-corrected chi connectivity index (χ4v) is 3.59. The zero-order valence-electron chi connectivity index (χ0n) is 16.2. The standard InChI is InChI=1S/C24H18ClN3OS/c1-30-24-26-14-20(15-27-24)28-23(29)19-11-12-22(25)21(13-19)18-9-7-17(8-10-18)16-5-3-2-4-6-16/h2-15H,1H3,(H,28,29). The van der Waals surface area contributed by atoms with Gasteiger partial charge in [0, 0.05) is 16.1 Å². The van der Waals surface area contributed by atoms with Gasteiger partial charge in [-0.05, 0) is 41.1 Å². The second-order valence-corrected chi connectivity index (χ2v) is 7.73. The quantitative estimate of drug-likeness (QED) is 0.292. The molecule has 0 unspecified atom stereocenters. The number of hydrogen-bond donors (Lipinski definition) is 1. The number of benzene rings is 3. The Balaban J connectivity index is 1.57. The average molecular weight is 432 g/mol. The summed E-state index contributed by atoms with van der Waals surface area (Å²) in [5.41, 5.74) is 5.08. The highest BCUT2D eigenvalue weighted by Gasteiger charge is 2.12. The highest BCUT2D eigenvalue weighted by atomic mass is 35.5. The molecule has 0 saturated carbocycles. The van der Waals surface area contributed by atoms with Crippen molar-refractivity contribution >= 4 is 35.0 Å². The molecule has 0 spiro atoms. The van der Waals surface area contributed by atoms with Crippen molar-refractivity contribution in [2.45, 2.75) is 5.16 Å². The molecule has 0 aliphatic heterocycles. The van der Waals surface area contributed by atoms with Gasteiger partial charge in [0.25, 0.3) is 5.91 Å². The zero-order valence-corrected chi connectivity index (χ0v) is 17.7. The van der Waals surface area contributed by atoms with E-state index in [1.807, 2.05) is 36.6 Å². The molecule has 1 heterocycles. The summed E-state index contributed by atoms with van der Waals surface area (Å²) in [6, 6.07) is 23.6. The van der Waals surface area contributed by atoms with Crippen molar-refractivity contribution in [3.63, 3.8) is 0 Å². The van der Waals surface area contributed by atoms with Crippen molar-refractivity contribution in [3.8, 4) is 22.3 Å². The third kappa shape index (κ3) is 4.53. The van der Waals surface area contributed by atoms with Crippen molar-refractivity contribution < 1.29 is 4.79 Å². The predicted molar refractivity (Wildman–Crippen MR) is 124 cm³/mol. The fraction of sp³-hybridized carbons (Fsp3) is 0.0417. The van der Waals surface area contributed by atoms with Crippen LogP contribution in [0.25, 0.3) is 22.3 Å². The Hall–Kier alpha value is -3.15. The number of hydrogen-bond acceptors (Lipinski definition) is 4. The fourth-order valence-electron chi connectivity index (χ4n) is 3.05. The molecular formula is C24H18ClN3OS. The summed E-state index contributed by atoms with van der Waals surface area (Å²) in [7, 11) is 0. The minimum atomic E-state index is -0.241. The van der Waals surface area contributed by atoms with Crippen LogP contribution in [0.4, 0.5) is 5.69 Å². The third-order valence-electron chi connectivity index (χ3n) is 4.60. The minimum Gasteiger partial charge on any atom is -0.319 e. The molecule has 0 aliphatic rings. The number of halogens is 1. The van der Waals surface area contributed by atoms with Gasteiger partial charge in [-0.1, -0.05) is 78.0 Å². The van der Waals surface area contributed by atoms with E-state index in [-0.39, 0.29) is 5.91 Å². The van der Waals surface area contributed by atoms with Gasteiger partial charge in [0.05, 0.1) is 18.1 Å². The van der Waals surface area contributed by atoms with E-state index in [1.165, 1.54) is 11.8 Å². The number of amides is 1. The van der Waals surface area contributed by atoms with Gasteiger partial charge in [-0.3, -0.25) is 4.79 Å². The largest absolute Gasteiger partial charge is 0.319 e. The lowest BCUT2D eigenvalue weighted by Crippen LogP contribution is -2.12. The Labute approximate surface area is 184 Å². The SMILES string of the molecule is CSc1ncc(NC(=O)c2ccc(Cl)c(-c3ccc(-c4ccccc4)cc3)c2)cn1. The van der Waals surface area contributed by atoms with E-state index in [2.05, 4.69) is 39.6 Å². The molecule has 0 saturated heterocycles. The van der Waals surface area contributed by atoms with Crippen LogP contribution < -0.4 is 5.32 Å². The first-order valence-electron chi connectivity index (χ1n) is 9.27. The molecule has 4 rings (SSSR count). The number of thioether (sulfide) groups is 1. The number of carbonyl (C=O) groups excluding carboxylic acids is 1. The Morgan fingerprint density at radius 1 is 0.867 bits per heavy atom. The van der Waals surface area contributed by atoms with Crippen molar-refractivity contribution in [3.05, 3.63) is 95.8 Å². The minimum absolute atomic E-state index is 0.241. The second kappa shape index (κ2) is 9.11. The molecule has 4 aromatic rings. The molecule has 0 atom stereocenters. The summed E-state index contributed by atoms with van der Waals surface area (Å²) in [6.45, 7) is 0. The smallest absolute Gasteiger partial charge is 0.255 e. The third-order valence-corrected chi connectivity index (χ3v) is 5.51. The van der Waals surface area contributed by atoms with Gasteiger partial charge >= 0.3 is 0 Å². The molecule has 6 heteroatoms. The van der Waals surface area contributed by atoms with Gasteiger partial charge in [-0.25, -0.2) is 9.97 Å². The van der Waals surface area contributed by atoms with Crippen LogP contribution in [0.3, 0.4) is 0 Å². The summed E-state index contributed by atoms with van der Waals surface area (Å²) >= 11 is 7.88. The molecule has 0 aliphatic carbocycles. The molecule has 0 bridgehead atoms. The molecular weight excluding hydrogens is 414 g/mol. The van der Waals surface area contributed by atoms with E-state index in [0.717, 1.165) is 22.3 Å². The predicted octanol–water partition coefficient (Wildman–Crippen LogP) is 6.44. The molecule has 1 amide bonds. The van der Waals surface area contributed by atoms with E-state index < -0.39 is 0 Å². The van der Waals surface area contributed by atoms with Crippen LogP contribution in [0, 0.1) is 0 Å². The summed E-state index contributed by atoms with van der Waals surface area (Å²) < 4.78 is 0. The van der Waals surface area contributed by atoms with Crippen LogP contribution in [0.2, 0.25) is 5.02 Å². The van der Waals surface area contributed by atoms with Gasteiger partial charge in [0.2, 0.25) is 0 Å². The van der Waals surface area contributed by atoms with E-state index in [0.29, 0.717) is 21.4 Å². The van der Waals surface area contributed by atoms with Gasteiger partial charge in [0.15, 0.2) is 5.16 Å².